The van der Waals surface area contributed by atoms with E-state index >= 15 is 0 Å². The quantitative estimate of drug-likeness (QED) is 0.245. The van der Waals surface area contributed by atoms with Crippen molar-refractivity contribution in [3.05, 3.63) is 35.8 Å². The van der Waals surface area contributed by atoms with Gasteiger partial charge >= 0.3 is 6.09 Å². The van der Waals surface area contributed by atoms with Crippen LogP contribution >= 0.6 is 24.0 Å². The van der Waals surface area contributed by atoms with Crippen LogP contribution in [0.3, 0.4) is 0 Å². The van der Waals surface area contributed by atoms with Crippen LogP contribution in [0.15, 0.2) is 29.4 Å². The number of hydrogen-bond acceptors (Lipinski definition) is 4. The van der Waals surface area contributed by atoms with E-state index in [2.05, 4.69) is 43.3 Å². The Balaban J connectivity index is 0.00000392. The maximum absolute atomic E-state index is 11.6. The number of imidazole rings is 1. The highest BCUT2D eigenvalue weighted by atomic mass is 127. The van der Waals surface area contributed by atoms with E-state index in [-0.39, 0.29) is 24.0 Å². The van der Waals surface area contributed by atoms with Gasteiger partial charge in [-0.25, -0.2) is 9.78 Å². The first-order valence-corrected chi connectivity index (χ1v) is 9.13. The van der Waals surface area contributed by atoms with Crippen molar-refractivity contribution < 1.29 is 9.53 Å². The van der Waals surface area contributed by atoms with Gasteiger partial charge in [-0.15, -0.1) is 24.0 Å². The van der Waals surface area contributed by atoms with Crippen molar-refractivity contribution >= 4 is 41.7 Å². The first-order valence-electron chi connectivity index (χ1n) is 9.13. The average molecular weight is 502 g/mol. The zero-order chi connectivity index (χ0) is 19.9. The second kappa shape index (κ2) is 11.1. The molecule has 0 saturated heterocycles. The molecule has 0 radical (unpaired) electrons. The lowest BCUT2D eigenvalue weighted by Gasteiger charge is -2.19. The number of aliphatic imine (C=N–C) groups is 1. The number of carbonyl (C=O) groups excluding carboxylic acids is 1. The molecule has 0 aromatic carbocycles. The molecule has 0 fully saturated rings. The summed E-state index contributed by atoms with van der Waals surface area (Å²) in [5.41, 5.74) is 2.54. The number of fused-ring (bicyclic) bond motifs is 1. The standard InChI is InChI=1S/C19H30N6O2.HI/c1-14-8-6-9-16-24-15(13-25(14)16)12-23-17(20-5)21-10-7-11-22-18(26)27-19(2,3)4;/h6,8-9,13H,7,10-12H2,1-5H3,(H,22,26)(H2,20,21,23);1H. The number of nitrogens with one attached hydrogen (secondary N) is 3. The fraction of sp³-hybridized carbons (Fsp3) is 0.526. The van der Waals surface area contributed by atoms with Crippen molar-refractivity contribution in [1.29, 1.82) is 0 Å². The number of aryl methyl sites for hydroxylation is 1. The predicted octanol–water partition coefficient (Wildman–Crippen LogP) is 2.84. The monoisotopic (exact) mass is 502 g/mol. The molecular weight excluding hydrogens is 471 g/mol. The van der Waals surface area contributed by atoms with Gasteiger partial charge in [0, 0.05) is 32.0 Å². The number of hydrogen-bond donors (Lipinski definition) is 3. The van der Waals surface area contributed by atoms with Crippen LogP contribution in [-0.2, 0) is 11.3 Å². The van der Waals surface area contributed by atoms with Gasteiger partial charge in [-0.1, -0.05) is 6.07 Å². The van der Waals surface area contributed by atoms with Crippen LogP contribution in [0.25, 0.3) is 5.65 Å². The largest absolute Gasteiger partial charge is 0.444 e. The number of ether oxygens (including phenoxy) is 1. The molecule has 28 heavy (non-hydrogen) atoms. The molecule has 2 aromatic rings. The Bertz CT molecular complexity index is 797. The predicted molar refractivity (Wildman–Crippen MR) is 122 cm³/mol. The molecule has 0 aliphatic rings. The number of guanidine groups is 1. The van der Waals surface area contributed by atoms with Crippen molar-refractivity contribution in [2.75, 3.05) is 20.1 Å². The zero-order valence-electron chi connectivity index (χ0n) is 17.2. The second-order valence-electron chi connectivity index (χ2n) is 7.26. The number of amides is 1. The Hall–Kier alpha value is -2.04. The number of carbonyl (C=O) groups is 1. The highest BCUT2D eigenvalue weighted by molar-refractivity contribution is 14.0. The molecule has 9 heteroatoms. The lowest BCUT2D eigenvalue weighted by molar-refractivity contribution is 0.0527. The second-order valence-corrected chi connectivity index (χ2v) is 7.26. The van der Waals surface area contributed by atoms with Gasteiger partial charge in [-0.2, -0.15) is 0 Å². The van der Waals surface area contributed by atoms with Crippen LogP contribution in [0.4, 0.5) is 4.79 Å². The molecule has 2 rings (SSSR count). The molecule has 0 saturated carbocycles. The van der Waals surface area contributed by atoms with E-state index in [0.717, 1.165) is 23.5 Å². The van der Waals surface area contributed by atoms with Crippen LogP contribution in [0.1, 0.15) is 38.6 Å². The SMILES string of the molecule is CN=C(NCCCNC(=O)OC(C)(C)C)NCc1cn2c(C)cccc2n1.I. The number of aromatic nitrogens is 2. The number of halogens is 1. The normalized spacial score (nSPS) is 11.7. The van der Waals surface area contributed by atoms with E-state index in [9.17, 15) is 4.79 Å². The number of nitrogens with zero attached hydrogens (tertiary/aromatic N) is 3. The van der Waals surface area contributed by atoms with E-state index in [0.29, 0.717) is 25.6 Å². The smallest absolute Gasteiger partial charge is 0.407 e. The molecule has 8 nitrogen and oxygen atoms in total. The molecule has 0 unspecified atom stereocenters. The maximum Gasteiger partial charge on any atom is 0.407 e. The molecule has 3 N–H and O–H groups in total. The summed E-state index contributed by atoms with van der Waals surface area (Å²) < 4.78 is 7.26. The number of alkyl carbamates (subject to hydrolysis) is 1. The topological polar surface area (TPSA) is 92.0 Å². The van der Waals surface area contributed by atoms with E-state index < -0.39 is 11.7 Å². The summed E-state index contributed by atoms with van der Waals surface area (Å²) in [6.07, 6.45) is 2.38. The van der Waals surface area contributed by atoms with Crippen molar-refractivity contribution in [3.63, 3.8) is 0 Å². The third-order valence-corrected chi connectivity index (χ3v) is 3.72. The summed E-state index contributed by atoms with van der Waals surface area (Å²) in [4.78, 5) is 20.4. The lowest BCUT2D eigenvalue weighted by Crippen LogP contribution is -2.39. The highest BCUT2D eigenvalue weighted by Gasteiger charge is 2.15. The third-order valence-electron chi connectivity index (χ3n) is 3.72. The Morgan fingerprint density at radius 2 is 1.93 bits per heavy atom. The molecule has 2 aromatic heterocycles. The van der Waals surface area contributed by atoms with Crippen molar-refractivity contribution in [3.8, 4) is 0 Å². The minimum atomic E-state index is -0.481. The van der Waals surface area contributed by atoms with Gasteiger partial charge in [0.2, 0.25) is 0 Å². The molecular formula is C19H31IN6O2. The Morgan fingerprint density at radius 3 is 2.57 bits per heavy atom. The summed E-state index contributed by atoms with van der Waals surface area (Å²) in [7, 11) is 1.72. The molecule has 0 aliphatic heterocycles. The Morgan fingerprint density at radius 1 is 1.21 bits per heavy atom. The summed E-state index contributed by atoms with van der Waals surface area (Å²) >= 11 is 0. The number of rotatable bonds is 6. The van der Waals surface area contributed by atoms with Crippen LogP contribution in [0.5, 0.6) is 0 Å². The fourth-order valence-electron chi connectivity index (χ4n) is 2.48. The van der Waals surface area contributed by atoms with Crippen LogP contribution in [0.2, 0.25) is 0 Å². The first kappa shape index (κ1) is 24.0. The number of pyridine rings is 1. The van der Waals surface area contributed by atoms with E-state index in [4.69, 9.17) is 4.74 Å². The minimum absolute atomic E-state index is 0. The molecule has 0 aliphatic carbocycles. The minimum Gasteiger partial charge on any atom is -0.444 e. The van der Waals surface area contributed by atoms with Gasteiger partial charge in [-0.05, 0) is 46.2 Å². The summed E-state index contributed by atoms with van der Waals surface area (Å²) in [5.74, 6) is 0.695. The van der Waals surface area contributed by atoms with Crippen LogP contribution in [-0.4, -0.2) is 47.2 Å². The van der Waals surface area contributed by atoms with Crippen LogP contribution in [0, 0.1) is 6.92 Å². The van der Waals surface area contributed by atoms with E-state index in [1.54, 1.807) is 7.05 Å². The van der Waals surface area contributed by atoms with Crippen molar-refractivity contribution in [1.82, 2.24) is 25.3 Å². The molecule has 156 valence electrons. The van der Waals surface area contributed by atoms with Gasteiger partial charge in [0.05, 0.1) is 12.2 Å². The Kier molecular flexibility index (Phi) is 9.50. The van der Waals surface area contributed by atoms with E-state index in [1.807, 2.05) is 39.1 Å². The first-order chi connectivity index (χ1) is 12.8. The van der Waals surface area contributed by atoms with E-state index in [1.165, 1.54) is 0 Å². The van der Waals surface area contributed by atoms with Gasteiger partial charge in [0.15, 0.2) is 5.96 Å². The summed E-state index contributed by atoms with van der Waals surface area (Å²) in [6.45, 7) is 9.37. The Labute approximate surface area is 183 Å². The molecule has 2 heterocycles. The summed E-state index contributed by atoms with van der Waals surface area (Å²) in [6, 6.07) is 6.04. The molecule has 1 amide bonds. The lowest BCUT2D eigenvalue weighted by atomic mass is 10.2. The molecule has 0 atom stereocenters. The van der Waals surface area contributed by atoms with Crippen molar-refractivity contribution in [2.24, 2.45) is 4.99 Å². The third kappa shape index (κ3) is 7.91. The van der Waals surface area contributed by atoms with Gasteiger partial charge in [0.25, 0.3) is 0 Å². The highest BCUT2D eigenvalue weighted by Crippen LogP contribution is 2.08. The maximum atomic E-state index is 11.6. The van der Waals surface area contributed by atoms with Gasteiger partial charge < -0.3 is 25.1 Å². The molecule has 0 bridgehead atoms. The van der Waals surface area contributed by atoms with Gasteiger partial charge in [-0.3, -0.25) is 4.99 Å². The fourth-order valence-corrected chi connectivity index (χ4v) is 2.48. The summed E-state index contributed by atoms with van der Waals surface area (Å²) in [5, 5.41) is 9.20. The average Bonchev–Trinajstić information content (AvgIpc) is 3.00. The zero-order valence-corrected chi connectivity index (χ0v) is 19.5. The van der Waals surface area contributed by atoms with Crippen molar-refractivity contribution in [2.45, 2.75) is 46.3 Å². The molecule has 0 spiro atoms. The van der Waals surface area contributed by atoms with Gasteiger partial charge in [0.1, 0.15) is 11.2 Å². The van der Waals surface area contributed by atoms with Crippen LogP contribution < -0.4 is 16.0 Å².